The van der Waals surface area contributed by atoms with Gasteiger partial charge >= 0.3 is 5.97 Å². The molecular formula is C13H13ClN2O2S. The van der Waals surface area contributed by atoms with Crippen LogP contribution >= 0.6 is 22.9 Å². The van der Waals surface area contributed by atoms with E-state index >= 15 is 0 Å². The van der Waals surface area contributed by atoms with Crippen LogP contribution in [0.25, 0.3) is 10.7 Å². The van der Waals surface area contributed by atoms with Crippen molar-refractivity contribution >= 4 is 28.9 Å². The van der Waals surface area contributed by atoms with E-state index in [0.717, 1.165) is 35.8 Å². The van der Waals surface area contributed by atoms with Gasteiger partial charge in [0.05, 0.1) is 17.7 Å². The minimum absolute atomic E-state index is 0.236. The first-order chi connectivity index (χ1) is 9.22. The summed E-state index contributed by atoms with van der Waals surface area (Å²) < 4.78 is 6.92. The van der Waals surface area contributed by atoms with Gasteiger partial charge in [0.25, 0.3) is 0 Å². The van der Waals surface area contributed by atoms with Crippen molar-refractivity contribution in [2.24, 2.45) is 0 Å². The number of carbonyl (C=O) groups excluding carboxylic acids is 1. The third-order valence-electron chi connectivity index (χ3n) is 3.39. The minimum atomic E-state index is -0.299. The lowest BCUT2D eigenvalue weighted by Crippen LogP contribution is -2.23. The maximum atomic E-state index is 11.9. The van der Waals surface area contributed by atoms with Crippen LogP contribution < -0.4 is 0 Å². The molecule has 2 aromatic rings. The van der Waals surface area contributed by atoms with Crippen molar-refractivity contribution in [3.63, 3.8) is 0 Å². The average molecular weight is 297 g/mol. The zero-order valence-electron chi connectivity index (χ0n) is 10.4. The van der Waals surface area contributed by atoms with Crippen molar-refractivity contribution in [3.8, 4) is 10.7 Å². The normalized spacial score (nSPS) is 18.1. The number of nitrogens with zero attached hydrogens (tertiary/aromatic N) is 2. The predicted molar refractivity (Wildman–Crippen MR) is 74.5 cm³/mol. The lowest BCUT2D eigenvalue weighted by Gasteiger charge is -2.23. The van der Waals surface area contributed by atoms with Gasteiger partial charge < -0.3 is 9.30 Å². The van der Waals surface area contributed by atoms with Crippen LogP contribution in [0.3, 0.4) is 0 Å². The van der Waals surface area contributed by atoms with Crippen molar-refractivity contribution < 1.29 is 9.53 Å². The number of fused-ring (bicyclic) bond motifs is 1. The Morgan fingerprint density at radius 3 is 3.16 bits per heavy atom. The van der Waals surface area contributed by atoms with E-state index in [9.17, 15) is 4.79 Å². The number of hydrogen-bond acceptors (Lipinski definition) is 4. The lowest BCUT2D eigenvalue weighted by atomic mass is 9.96. The number of imidazole rings is 1. The monoisotopic (exact) mass is 296 g/mol. The second-order valence-electron chi connectivity index (χ2n) is 4.46. The fraction of sp³-hybridized carbons (Fsp3) is 0.385. The Labute approximate surface area is 120 Å². The van der Waals surface area contributed by atoms with Gasteiger partial charge in [0.1, 0.15) is 5.92 Å². The van der Waals surface area contributed by atoms with Crippen molar-refractivity contribution in [2.75, 3.05) is 7.11 Å². The van der Waals surface area contributed by atoms with E-state index in [2.05, 4.69) is 9.55 Å². The first-order valence-electron chi connectivity index (χ1n) is 6.10. The highest BCUT2D eigenvalue weighted by Gasteiger charge is 2.33. The first kappa shape index (κ1) is 12.7. The van der Waals surface area contributed by atoms with Crippen molar-refractivity contribution in [1.29, 1.82) is 0 Å². The number of esters is 1. The third-order valence-corrected chi connectivity index (χ3v) is 4.54. The van der Waals surface area contributed by atoms with E-state index in [1.165, 1.54) is 7.11 Å². The van der Waals surface area contributed by atoms with Crippen LogP contribution in [0.1, 0.15) is 24.5 Å². The summed E-state index contributed by atoms with van der Waals surface area (Å²) in [6, 6.07) is 3.99. The Morgan fingerprint density at radius 1 is 1.63 bits per heavy atom. The molecule has 0 N–H and O–H groups in total. The molecule has 0 saturated heterocycles. The summed E-state index contributed by atoms with van der Waals surface area (Å²) in [6.07, 6.45) is 1.69. The van der Waals surface area contributed by atoms with Crippen LogP contribution in [0, 0.1) is 0 Å². The van der Waals surface area contributed by atoms with Gasteiger partial charge in [0.2, 0.25) is 0 Å². The number of halogens is 1. The van der Waals surface area contributed by atoms with E-state index in [1.54, 1.807) is 11.3 Å². The summed E-state index contributed by atoms with van der Waals surface area (Å²) in [6.45, 7) is 0.843. The number of thiophene rings is 1. The summed E-state index contributed by atoms with van der Waals surface area (Å²) >= 11 is 7.86. The van der Waals surface area contributed by atoms with Crippen molar-refractivity contribution in [1.82, 2.24) is 9.55 Å². The summed E-state index contributed by atoms with van der Waals surface area (Å²) in [5.41, 5.74) is 0.795. The summed E-state index contributed by atoms with van der Waals surface area (Å²) in [5.74, 6) is 0.316. The van der Waals surface area contributed by atoms with E-state index in [4.69, 9.17) is 16.3 Å². The standard InChI is InChI=1S/C13H13ClN2O2S/c1-18-13(17)8-4-2-6-16-10(8)11(14)15-12(16)9-5-3-7-19-9/h3,5,7-8H,2,4,6H2,1H3. The van der Waals surface area contributed by atoms with Gasteiger partial charge in [-0.3, -0.25) is 4.79 Å². The Balaban J connectivity index is 2.11. The number of carbonyl (C=O) groups is 1. The van der Waals surface area contributed by atoms with Gasteiger partial charge in [0.15, 0.2) is 11.0 Å². The van der Waals surface area contributed by atoms with E-state index < -0.39 is 0 Å². The van der Waals surface area contributed by atoms with Crippen LogP contribution in [0.2, 0.25) is 5.15 Å². The molecule has 2 aromatic heterocycles. The second kappa shape index (κ2) is 4.98. The summed E-state index contributed by atoms with van der Waals surface area (Å²) in [5, 5.41) is 2.42. The largest absolute Gasteiger partial charge is 0.469 e. The number of aromatic nitrogens is 2. The fourth-order valence-corrected chi connectivity index (χ4v) is 3.59. The number of methoxy groups -OCH3 is 1. The maximum absolute atomic E-state index is 11.9. The molecular weight excluding hydrogens is 284 g/mol. The molecule has 0 aromatic carbocycles. The molecule has 19 heavy (non-hydrogen) atoms. The van der Waals surface area contributed by atoms with Crippen LogP contribution in [-0.2, 0) is 16.1 Å². The third kappa shape index (κ3) is 2.07. The molecule has 0 spiro atoms. The SMILES string of the molecule is COC(=O)C1CCCn2c(-c3cccs3)nc(Cl)c21. The van der Waals surface area contributed by atoms with Crippen LogP contribution in [0.5, 0.6) is 0 Å². The summed E-state index contributed by atoms with van der Waals surface area (Å²) in [4.78, 5) is 17.4. The molecule has 3 rings (SSSR count). The van der Waals surface area contributed by atoms with Gasteiger partial charge in [-0.25, -0.2) is 4.98 Å². The lowest BCUT2D eigenvalue weighted by molar-refractivity contribution is -0.143. The molecule has 1 unspecified atom stereocenters. The number of rotatable bonds is 2. The quantitative estimate of drug-likeness (QED) is 0.799. The van der Waals surface area contributed by atoms with Gasteiger partial charge in [0, 0.05) is 6.54 Å². The highest BCUT2D eigenvalue weighted by atomic mass is 35.5. The fourth-order valence-electron chi connectivity index (χ4n) is 2.55. The highest BCUT2D eigenvalue weighted by molar-refractivity contribution is 7.13. The molecule has 6 heteroatoms. The van der Waals surface area contributed by atoms with E-state index in [-0.39, 0.29) is 11.9 Å². The van der Waals surface area contributed by atoms with Gasteiger partial charge in [-0.1, -0.05) is 17.7 Å². The van der Waals surface area contributed by atoms with Gasteiger partial charge in [-0.2, -0.15) is 0 Å². The first-order valence-corrected chi connectivity index (χ1v) is 7.35. The molecule has 0 aliphatic carbocycles. The number of ether oxygens (including phenoxy) is 1. The smallest absolute Gasteiger partial charge is 0.314 e. The topological polar surface area (TPSA) is 44.1 Å². The molecule has 0 radical (unpaired) electrons. The molecule has 1 aliphatic heterocycles. The average Bonchev–Trinajstić information content (AvgIpc) is 3.06. The summed E-state index contributed by atoms with van der Waals surface area (Å²) in [7, 11) is 1.41. The Hall–Kier alpha value is -1.33. The van der Waals surface area contributed by atoms with Crippen molar-refractivity contribution in [2.45, 2.75) is 25.3 Å². The Morgan fingerprint density at radius 2 is 2.47 bits per heavy atom. The molecule has 100 valence electrons. The number of hydrogen-bond donors (Lipinski definition) is 0. The maximum Gasteiger partial charge on any atom is 0.314 e. The Bertz CT molecular complexity index is 606. The van der Waals surface area contributed by atoms with Gasteiger partial charge in [-0.15, -0.1) is 11.3 Å². The zero-order chi connectivity index (χ0) is 13.4. The molecule has 1 atom stereocenters. The van der Waals surface area contributed by atoms with Crippen LogP contribution in [-0.4, -0.2) is 22.6 Å². The Kier molecular flexibility index (Phi) is 3.33. The molecule has 0 saturated carbocycles. The van der Waals surface area contributed by atoms with Crippen LogP contribution in [0.4, 0.5) is 0 Å². The molecule has 3 heterocycles. The van der Waals surface area contributed by atoms with Gasteiger partial charge in [-0.05, 0) is 24.3 Å². The zero-order valence-corrected chi connectivity index (χ0v) is 12.0. The van der Waals surface area contributed by atoms with E-state index in [0.29, 0.717) is 5.15 Å². The molecule has 4 nitrogen and oxygen atoms in total. The molecule has 1 aliphatic rings. The molecule has 0 amide bonds. The predicted octanol–water partition coefficient (Wildman–Crippen LogP) is 3.32. The minimum Gasteiger partial charge on any atom is -0.469 e. The van der Waals surface area contributed by atoms with Crippen LogP contribution in [0.15, 0.2) is 17.5 Å². The molecule has 0 fully saturated rings. The molecule has 0 bridgehead atoms. The van der Waals surface area contributed by atoms with Crippen molar-refractivity contribution in [3.05, 3.63) is 28.4 Å². The highest BCUT2D eigenvalue weighted by Crippen LogP contribution is 2.38. The second-order valence-corrected chi connectivity index (χ2v) is 5.76. The van der Waals surface area contributed by atoms with E-state index in [1.807, 2.05) is 17.5 Å².